The Bertz CT molecular complexity index is 1420. The zero-order chi connectivity index (χ0) is 30.2. The maximum absolute atomic E-state index is 13.4. The van der Waals surface area contributed by atoms with Gasteiger partial charge in [-0.2, -0.15) is 10.1 Å². The second kappa shape index (κ2) is 11.8. The van der Waals surface area contributed by atoms with Crippen molar-refractivity contribution in [3.63, 3.8) is 0 Å². The van der Waals surface area contributed by atoms with Gasteiger partial charge in [-0.15, -0.1) is 0 Å². The van der Waals surface area contributed by atoms with Crippen LogP contribution in [0.5, 0.6) is 0 Å². The van der Waals surface area contributed by atoms with Crippen LogP contribution in [0.3, 0.4) is 0 Å². The highest BCUT2D eigenvalue weighted by Gasteiger charge is 2.42. The lowest BCUT2D eigenvalue weighted by Gasteiger charge is -2.53. The summed E-state index contributed by atoms with van der Waals surface area (Å²) in [6.07, 6.45) is 7.04. The maximum atomic E-state index is 13.4. The lowest BCUT2D eigenvalue weighted by Crippen LogP contribution is -2.61. The van der Waals surface area contributed by atoms with E-state index >= 15 is 0 Å². The van der Waals surface area contributed by atoms with E-state index in [2.05, 4.69) is 94.3 Å². The number of benzene rings is 1. The van der Waals surface area contributed by atoms with Crippen LogP contribution in [0.4, 0.5) is 23.3 Å². The molecule has 4 heterocycles. The topological polar surface area (TPSA) is 102 Å². The number of amides is 1. The van der Waals surface area contributed by atoms with E-state index in [1.807, 2.05) is 13.0 Å². The van der Waals surface area contributed by atoms with Gasteiger partial charge in [0.1, 0.15) is 5.02 Å². The highest BCUT2D eigenvalue weighted by Crippen LogP contribution is 2.39. The van der Waals surface area contributed by atoms with Gasteiger partial charge in [0, 0.05) is 41.6 Å². The van der Waals surface area contributed by atoms with Crippen molar-refractivity contribution in [2.45, 2.75) is 97.6 Å². The first-order valence-electron chi connectivity index (χ1n) is 15.1. The van der Waals surface area contributed by atoms with E-state index in [4.69, 9.17) is 11.6 Å². The third-order valence-corrected chi connectivity index (χ3v) is 9.45. The Balaban J connectivity index is 1.22. The molecule has 0 saturated carbocycles. The molecule has 2 aliphatic heterocycles. The summed E-state index contributed by atoms with van der Waals surface area (Å²) in [5, 5.41) is 14.0. The molecule has 0 spiro atoms. The zero-order valence-corrected chi connectivity index (χ0v) is 26.8. The van der Waals surface area contributed by atoms with Crippen molar-refractivity contribution in [2.75, 3.05) is 30.3 Å². The Hall–Kier alpha value is -3.17. The molecule has 2 saturated heterocycles. The molecule has 1 aromatic carbocycles. The largest absolute Gasteiger partial charge is 0.342 e. The summed E-state index contributed by atoms with van der Waals surface area (Å²) in [4.78, 5) is 26.9. The van der Waals surface area contributed by atoms with Crippen LogP contribution < -0.4 is 10.6 Å². The molecule has 2 aromatic heterocycles. The Morgan fingerprint density at radius 2 is 1.71 bits per heavy atom. The van der Waals surface area contributed by atoms with Gasteiger partial charge in [0.05, 0.1) is 12.7 Å². The van der Waals surface area contributed by atoms with Crippen molar-refractivity contribution < 1.29 is 4.79 Å². The first-order valence-corrected chi connectivity index (χ1v) is 15.5. The molecule has 42 heavy (non-hydrogen) atoms. The zero-order valence-electron chi connectivity index (χ0n) is 26.1. The number of aromatic amines is 1. The van der Waals surface area contributed by atoms with E-state index in [9.17, 15) is 4.79 Å². The number of halogens is 1. The Kier molecular flexibility index (Phi) is 8.54. The summed E-state index contributed by atoms with van der Waals surface area (Å²) >= 11 is 6.34. The van der Waals surface area contributed by atoms with Gasteiger partial charge >= 0.3 is 0 Å². The number of nitrogens with one attached hydrogen (secondary N) is 3. The fraction of sp³-hybridized carbons (Fsp3) is 0.562. The minimum Gasteiger partial charge on any atom is -0.342 e. The predicted octanol–water partition coefficient (Wildman–Crippen LogP) is 7.01. The van der Waals surface area contributed by atoms with Crippen LogP contribution in [0.15, 0.2) is 24.4 Å². The van der Waals surface area contributed by atoms with Crippen molar-refractivity contribution in [3.05, 3.63) is 51.8 Å². The second-order valence-electron chi connectivity index (χ2n) is 13.3. The summed E-state index contributed by atoms with van der Waals surface area (Å²) in [5.74, 6) is 2.28. The fourth-order valence-electron chi connectivity index (χ4n) is 6.80. The number of piperidine rings is 2. The molecule has 0 radical (unpaired) electrons. The first kappa shape index (κ1) is 30.3. The Labute approximate surface area is 254 Å². The lowest BCUT2D eigenvalue weighted by molar-refractivity contribution is -0.139. The first-order chi connectivity index (χ1) is 19.8. The SMILES string of the molecule is Cc1cc(Nc2nc(Nc3cc(C)c(C4CCN(C(=O)CN5C(C)(C)CCCC5(C)C)CC4)cc3C)ncc2Cl)n[nH]1. The normalized spacial score (nSPS) is 19.1. The van der Waals surface area contributed by atoms with Gasteiger partial charge in [0.2, 0.25) is 11.9 Å². The molecular formula is C32H45ClN8O. The van der Waals surface area contributed by atoms with Crippen LogP contribution in [0.25, 0.3) is 0 Å². The van der Waals surface area contributed by atoms with Gasteiger partial charge in [0.25, 0.3) is 0 Å². The second-order valence-corrected chi connectivity index (χ2v) is 13.7. The number of hydrogen-bond donors (Lipinski definition) is 3. The van der Waals surface area contributed by atoms with Crippen LogP contribution in [-0.4, -0.2) is 66.6 Å². The number of aryl methyl sites for hydroxylation is 3. The van der Waals surface area contributed by atoms with Gasteiger partial charge in [-0.25, -0.2) is 4.98 Å². The summed E-state index contributed by atoms with van der Waals surface area (Å²) in [5.41, 5.74) is 5.71. The average Bonchev–Trinajstić information content (AvgIpc) is 3.34. The number of likely N-dealkylation sites (tertiary alicyclic amines) is 2. The van der Waals surface area contributed by atoms with Crippen LogP contribution in [0, 0.1) is 20.8 Å². The lowest BCUT2D eigenvalue weighted by atomic mass is 9.79. The van der Waals surface area contributed by atoms with E-state index in [-0.39, 0.29) is 17.0 Å². The van der Waals surface area contributed by atoms with Gasteiger partial charge in [-0.3, -0.25) is 14.8 Å². The molecule has 2 fully saturated rings. The molecule has 1 amide bonds. The van der Waals surface area contributed by atoms with E-state index < -0.39 is 0 Å². The quantitative estimate of drug-likeness (QED) is 0.271. The molecule has 3 N–H and O–H groups in total. The molecule has 0 aliphatic carbocycles. The predicted molar refractivity (Wildman–Crippen MR) is 170 cm³/mol. The number of anilines is 4. The molecular weight excluding hydrogens is 548 g/mol. The van der Waals surface area contributed by atoms with Crippen LogP contribution >= 0.6 is 11.6 Å². The summed E-state index contributed by atoms with van der Waals surface area (Å²) in [6, 6.07) is 6.33. The third-order valence-electron chi connectivity index (χ3n) is 9.18. The highest BCUT2D eigenvalue weighted by atomic mass is 35.5. The van der Waals surface area contributed by atoms with E-state index in [0.717, 1.165) is 55.7 Å². The molecule has 226 valence electrons. The molecule has 2 aliphatic rings. The number of rotatable bonds is 7. The molecule has 0 bridgehead atoms. The van der Waals surface area contributed by atoms with Crippen molar-refractivity contribution in [1.82, 2.24) is 30.0 Å². The minimum atomic E-state index is 0.0496. The monoisotopic (exact) mass is 592 g/mol. The van der Waals surface area contributed by atoms with Crippen LogP contribution in [0.1, 0.15) is 88.1 Å². The van der Waals surface area contributed by atoms with Crippen molar-refractivity contribution >= 4 is 40.8 Å². The number of H-pyrrole nitrogens is 1. The van der Waals surface area contributed by atoms with E-state index in [1.54, 1.807) is 6.20 Å². The highest BCUT2D eigenvalue weighted by molar-refractivity contribution is 6.32. The minimum absolute atomic E-state index is 0.0496. The number of nitrogens with zero attached hydrogens (tertiary/aromatic N) is 5. The number of carbonyl (C=O) groups is 1. The van der Waals surface area contributed by atoms with Crippen LogP contribution in [-0.2, 0) is 4.79 Å². The van der Waals surface area contributed by atoms with Gasteiger partial charge in [0.15, 0.2) is 11.6 Å². The van der Waals surface area contributed by atoms with Crippen molar-refractivity contribution in [3.8, 4) is 0 Å². The Morgan fingerprint density at radius 1 is 1.02 bits per heavy atom. The van der Waals surface area contributed by atoms with E-state index in [0.29, 0.717) is 35.1 Å². The van der Waals surface area contributed by atoms with Crippen molar-refractivity contribution in [2.24, 2.45) is 0 Å². The number of hydrogen-bond acceptors (Lipinski definition) is 7. The van der Waals surface area contributed by atoms with Gasteiger partial charge in [-0.05, 0) is 109 Å². The fourth-order valence-corrected chi connectivity index (χ4v) is 6.94. The number of aromatic nitrogens is 4. The molecule has 10 heteroatoms. The molecule has 0 unspecified atom stereocenters. The molecule has 9 nitrogen and oxygen atoms in total. The summed E-state index contributed by atoms with van der Waals surface area (Å²) in [7, 11) is 0. The molecule has 0 atom stereocenters. The van der Waals surface area contributed by atoms with E-state index in [1.165, 1.54) is 17.5 Å². The van der Waals surface area contributed by atoms with Crippen LogP contribution in [0.2, 0.25) is 5.02 Å². The maximum Gasteiger partial charge on any atom is 0.236 e. The summed E-state index contributed by atoms with van der Waals surface area (Å²) in [6.45, 7) is 17.5. The Morgan fingerprint density at radius 3 is 2.36 bits per heavy atom. The van der Waals surface area contributed by atoms with Crippen molar-refractivity contribution in [1.29, 1.82) is 0 Å². The smallest absolute Gasteiger partial charge is 0.236 e. The van der Waals surface area contributed by atoms with Gasteiger partial charge < -0.3 is 15.5 Å². The summed E-state index contributed by atoms with van der Waals surface area (Å²) < 4.78 is 0. The number of carbonyl (C=O) groups excluding carboxylic acids is 1. The molecule has 5 rings (SSSR count). The molecule has 3 aromatic rings. The average molecular weight is 593 g/mol. The third kappa shape index (κ3) is 6.57. The van der Waals surface area contributed by atoms with Gasteiger partial charge in [-0.1, -0.05) is 17.7 Å². The standard InChI is InChI=1S/C32H45ClN8O/c1-20-16-26(35-30-34-18-25(33)29(37-30)36-27-17-22(3)38-39-27)21(2)15-24(20)23-9-13-40(14-10-23)28(42)19-41-31(4,5)11-8-12-32(41,6)7/h15-18,23H,8-14,19H2,1-7H3,(H3,34,35,36,37,38,39).